The Hall–Kier alpha value is -2.31. The van der Waals surface area contributed by atoms with Crippen molar-refractivity contribution in [1.29, 1.82) is 0 Å². The van der Waals surface area contributed by atoms with Gasteiger partial charge in [-0.15, -0.1) is 0 Å². The van der Waals surface area contributed by atoms with Gasteiger partial charge in [0.05, 0.1) is 6.20 Å². The van der Waals surface area contributed by atoms with Gasteiger partial charge in [0.2, 0.25) is 0 Å². The van der Waals surface area contributed by atoms with Crippen molar-refractivity contribution >= 4 is 5.91 Å². The number of aryl methyl sites for hydroxylation is 1. The van der Waals surface area contributed by atoms with Crippen molar-refractivity contribution in [3.8, 4) is 0 Å². The second-order valence-corrected chi connectivity index (χ2v) is 6.63. The predicted molar refractivity (Wildman–Crippen MR) is 99.8 cm³/mol. The molecule has 138 valence electrons. The number of aliphatic hydroxyl groups excluding tert-OH is 1. The lowest BCUT2D eigenvalue weighted by Gasteiger charge is -2.41. The second-order valence-electron chi connectivity index (χ2n) is 6.63. The van der Waals surface area contributed by atoms with Crippen LogP contribution in [-0.2, 0) is 6.42 Å². The largest absolute Gasteiger partial charge is 0.396 e. The van der Waals surface area contributed by atoms with Crippen LogP contribution in [0.3, 0.4) is 0 Å². The van der Waals surface area contributed by atoms with Gasteiger partial charge in [-0.3, -0.25) is 14.7 Å². The van der Waals surface area contributed by atoms with Gasteiger partial charge in [0.15, 0.2) is 0 Å². The minimum absolute atomic E-state index is 0.0787. The summed E-state index contributed by atoms with van der Waals surface area (Å²) >= 11 is 0. The van der Waals surface area contributed by atoms with E-state index in [0.717, 1.165) is 25.9 Å². The Morgan fingerprint density at radius 1 is 1.19 bits per heavy atom. The zero-order valence-corrected chi connectivity index (χ0v) is 15.0. The maximum atomic E-state index is 12.6. The van der Waals surface area contributed by atoms with E-state index in [9.17, 15) is 9.90 Å². The average Bonchev–Trinajstić information content (AvgIpc) is 2.70. The molecule has 26 heavy (non-hydrogen) atoms. The number of carbonyl (C=O) groups excluding carboxylic acids is 1. The van der Waals surface area contributed by atoms with E-state index in [-0.39, 0.29) is 18.6 Å². The summed E-state index contributed by atoms with van der Waals surface area (Å²) in [5, 5.41) is 9.43. The number of hydrogen-bond donors (Lipinski definition) is 1. The standard InChI is InChI=1S/C20H26N4O2/c25-14-8-18-16-24(20(26)19-15-21-9-10-22-19)13-12-23(18)11-4-7-17-5-2-1-3-6-17/h1-3,5-6,9-10,15,18,25H,4,7-8,11-14,16H2. The Morgan fingerprint density at radius 2 is 2.04 bits per heavy atom. The molecule has 0 spiro atoms. The molecule has 1 unspecified atom stereocenters. The van der Waals surface area contributed by atoms with Crippen molar-refractivity contribution in [2.24, 2.45) is 0 Å². The number of aromatic nitrogens is 2. The first-order valence-electron chi connectivity index (χ1n) is 9.22. The van der Waals surface area contributed by atoms with E-state index >= 15 is 0 Å². The summed E-state index contributed by atoms with van der Waals surface area (Å²) in [4.78, 5) is 24.9. The Labute approximate surface area is 154 Å². The zero-order valence-electron chi connectivity index (χ0n) is 15.0. The van der Waals surface area contributed by atoms with Crippen LogP contribution in [0, 0.1) is 0 Å². The number of hydrogen-bond acceptors (Lipinski definition) is 5. The van der Waals surface area contributed by atoms with Crippen LogP contribution in [0.15, 0.2) is 48.9 Å². The van der Waals surface area contributed by atoms with Crippen molar-refractivity contribution in [3.63, 3.8) is 0 Å². The van der Waals surface area contributed by atoms with Gasteiger partial charge in [0, 0.05) is 44.7 Å². The smallest absolute Gasteiger partial charge is 0.274 e. The Morgan fingerprint density at radius 3 is 2.77 bits per heavy atom. The highest BCUT2D eigenvalue weighted by Crippen LogP contribution is 2.16. The SMILES string of the molecule is O=C(c1cnccn1)N1CCN(CCCc2ccccc2)C(CCO)C1. The van der Waals surface area contributed by atoms with E-state index in [1.54, 1.807) is 6.20 Å². The van der Waals surface area contributed by atoms with Crippen LogP contribution in [0.5, 0.6) is 0 Å². The topological polar surface area (TPSA) is 69.6 Å². The van der Waals surface area contributed by atoms with Gasteiger partial charge in [-0.05, 0) is 31.4 Å². The van der Waals surface area contributed by atoms with Crippen molar-refractivity contribution in [1.82, 2.24) is 19.8 Å². The van der Waals surface area contributed by atoms with Crippen LogP contribution in [0.1, 0.15) is 28.9 Å². The molecule has 1 N–H and O–H groups in total. The van der Waals surface area contributed by atoms with Gasteiger partial charge in [-0.25, -0.2) is 4.98 Å². The number of aliphatic hydroxyl groups is 1. The molecular formula is C20H26N4O2. The molecule has 0 radical (unpaired) electrons. The van der Waals surface area contributed by atoms with E-state index < -0.39 is 0 Å². The van der Waals surface area contributed by atoms with Crippen molar-refractivity contribution in [3.05, 3.63) is 60.2 Å². The van der Waals surface area contributed by atoms with Gasteiger partial charge in [0.1, 0.15) is 5.69 Å². The maximum Gasteiger partial charge on any atom is 0.274 e. The molecule has 1 aromatic carbocycles. The lowest BCUT2D eigenvalue weighted by molar-refractivity contribution is 0.0414. The lowest BCUT2D eigenvalue weighted by atomic mass is 10.1. The first-order valence-corrected chi connectivity index (χ1v) is 9.22. The highest BCUT2D eigenvalue weighted by molar-refractivity contribution is 5.92. The first-order chi connectivity index (χ1) is 12.8. The number of piperazine rings is 1. The molecule has 1 saturated heterocycles. The molecule has 1 aliphatic heterocycles. The molecule has 3 rings (SSSR count). The summed E-state index contributed by atoms with van der Waals surface area (Å²) in [6, 6.07) is 10.7. The van der Waals surface area contributed by atoms with E-state index in [2.05, 4.69) is 39.1 Å². The van der Waals surface area contributed by atoms with E-state index in [1.165, 1.54) is 18.0 Å². The van der Waals surface area contributed by atoms with Gasteiger partial charge in [-0.1, -0.05) is 30.3 Å². The quantitative estimate of drug-likeness (QED) is 0.818. The molecule has 1 fully saturated rings. The molecule has 1 atom stereocenters. The Balaban J connectivity index is 1.55. The van der Waals surface area contributed by atoms with Crippen molar-refractivity contribution in [2.75, 3.05) is 32.8 Å². The minimum Gasteiger partial charge on any atom is -0.396 e. The van der Waals surface area contributed by atoms with Gasteiger partial charge in [-0.2, -0.15) is 0 Å². The molecule has 1 aromatic heterocycles. The molecule has 1 amide bonds. The average molecular weight is 354 g/mol. The molecule has 1 aliphatic rings. The van der Waals surface area contributed by atoms with Gasteiger partial charge < -0.3 is 10.0 Å². The Kier molecular flexibility index (Phi) is 6.68. The summed E-state index contributed by atoms with van der Waals surface area (Å²) in [6.07, 6.45) is 7.41. The monoisotopic (exact) mass is 354 g/mol. The lowest BCUT2D eigenvalue weighted by Crippen LogP contribution is -2.55. The zero-order chi connectivity index (χ0) is 18.2. The fourth-order valence-electron chi connectivity index (χ4n) is 3.50. The third kappa shape index (κ3) is 4.86. The van der Waals surface area contributed by atoms with Gasteiger partial charge >= 0.3 is 0 Å². The Bertz CT molecular complexity index is 681. The van der Waals surface area contributed by atoms with E-state index in [0.29, 0.717) is 25.2 Å². The molecular weight excluding hydrogens is 328 g/mol. The number of nitrogens with zero attached hydrogens (tertiary/aromatic N) is 4. The second kappa shape index (κ2) is 9.40. The fraction of sp³-hybridized carbons (Fsp3) is 0.450. The van der Waals surface area contributed by atoms with Crippen LogP contribution in [0.4, 0.5) is 0 Å². The number of carbonyl (C=O) groups is 1. The highest BCUT2D eigenvalue weighted by Gasteiger charge is 2.29. The first kappa shape index (κ1) is 18.5. The molecule has 0 aliphatic carbocycles. The van der Waals surface area contributed by atoms with E-state index in [1.807, 2.05) is 11.0 Å². The van der Waals surface area contributed by atoms with Crippen molar-refractivity contribution < 1.29 is 9.90 Å². The van der Waals surface area contributed by atoms with Crippen LogP contribution in [-0.4, -0.2) is 69.6 Å². The number of rotatable bonds is 7. The summed E-state index contributed by atoms with van der Waals surface area (Å²) in [6.45, 7) is 3.25. The summed E-state index contributed by atoms with van der Waals surface area (Å²) in [5.74, 6) is -0.0787. The summed E-state index contributed by atoms with van der Waals surface area (Å²) in [7, 11) is 0. The van der Waals surface area contributed by atoms with Crippen LogP contribution >= 0.6 is 0 Å². The number of benzene rings is 1. The molecule has 6 nitrogen and oxygen atoms in total. The van der Waals surface area contributed by atoms with Crippen LogP contribution < -0.4 is 0 Å². The third-order valence-electron chi connectivity index (χ3n) is 4.89. The minimum atomic E-state index is -0.0787. The number of amides is 1. The van der Waals surface area contributed by atoms with Gasteiger partial charge in [0.25, 0.3) is 5.91 Å². The molecule has 0 bridgehead atoms. The van der Waals surface area contributed by atoms with E-state index in [4.69, 9.17) is 0 Å². The molecule has 2 heterocycles. The van der Waals surface area contributed by atoms with Crippen LogP contribution in [0.25, 0.3) is 0 Å². The van der Waals surface area contributed by atoms with Crippen molar-refractivity contribution in [2.45, 2.75) is 25.3 Å². The van der Waals surface area contributed by atoms with Crippen LogP contribution in [0.2, 0.25) is 0 Å². The maximum absolute atomic E-state index is 12.6. The highest BCUT2D eigenvalue weighted by atomic mass is 16.3. The molecule has 0 saturated carbocycles. The molecule has 6 heteroatoms. The summed E-state index contributed by atoms with van der Waals surface area (Å²) in [5.41, 5.74) is 1.73. The normalized spacial score (nSPS) is 18.0. The predicted octanol–water partition coefficient (Wildman–Crippen LogP) is 1.62. The fourth-order valence-corrected chi connectivity index (χ4v) is 3.50. The molecule has 2 aromatic rings. The summed E-state index contributed by atoms with van der Waals surface area (Å²) < 4.78 is 0. The third-order valence-corrected chi connectivity index (χ3v) is 4.89.